The molecule has 4 rings (SSSR count). The smallest absolute Gasteiger partial charge is 0.314 e. The number of unbranched alkanes of at least 4 members (excludes halogenated alkanes) is 1. The lowest BCUT2D eigenvalue weighted by atomic mass is 9.78. The number of aryl methyl sites for hydroxylation is 1. The number of rotatable bonds is 9. The molecule has 3 aromatic rings. The summed E-state index contributed by atoms with van der Waals surface area (Å²) < 4.78 is 69.2. The zero-order chi connectivity index (χ0) is 27.2. The molecular weight excluding hydrogens is 496 g/mol. The number of allylic oxidation sites excluding steroid dienone is 1. The first-order valence-electron chi connectivity index (χ1n) is 12.8. The standard InChI is InChI=1S/C31H30F4O3/c1-3-4-5-18-37-25-16-17-26(30(35)29(25)34)38-31(36)22-12-10-21(11-13-22)24-15-14-23(27(32)28(24)33)20-8-6-19(2)7-9-20/h3,6-9,14-17,21-22H,1,4-5,10-13,18H2,2H3. The Morgan fingerprint density at radius 3 is 2.21 bits per heavy atom. The number of halogens is 4. The maximum absolute atomic E-state index is 15.0. The average Bonchev–Trinajstić information content (AvgIpc) is 2.92. The molecule has 1 aliphatic rings. The van der Waals surface area contributed by atoms with Gasteiger partial charge in [-0.3, -0.25) is 4.79 Å². The topological polar surface area (TPSA) is 35.5 Å². The Morgan fingerprint density at radius 2 is 1.53 bits per heavy atom. The van der Waals surface area contributed by atoms with Crippen LogP contribution in [-0.2, 0) is 4.79 Å². The number of esters is 1. The first-order chi connectivity index (χ1) is 18.3. The van der Waals surface area contributed by atoms with Gasteiger partial charge in [0.25, 0.3) is 0 Å². The molecule has 3 nitrogen and oxygen atoms in total. The van der Waals surface area contributed by atoms with Crippen molar-refractivity contribution in [3.8, 4) is 22.6 Å². The first-order valence-corrected chi connectivity index (χ1v) is 12.8. The van der Waals surface area contributed by atoms with E-state index in [1.807, 2.05) is 19.1 Å². The Bertz CT molecular complexity index is 1300. The van der Waals surface area contributed by atoms with E-state index < -0.39 is 40.9 Å². The van der Waals surface area contributed by atoms with Gasteiger partial charge in [0.15, 0.2) is 23.1 Å². The Labute approximate surface area is 220 Å². The minimum absolute atomic E-state index is 0.198. The quantitative estimate of drug-likeness (QED) is 0.0923. The van der Waals surface area contributed by atoms with Gasteiger partial charge in [0.2, 0.25) is 11.6 Å². The van der Waals surface area contributed by atoms with E-state index in [4.69, 9.17) is 9.47 Å². The molecule has 0 heterocycles. The van der Waals surface area contributed by atoms with E-state index in [1.54, 1.807) is 30.3 Å². The van der Waals surface area contributed by atoms with Crippen LogP contribution < -0.4 is 9.47 Å². The van der Waals surface area contributed by atoms with Crippen molar-refractivity contribution in [3.63, 3.8) is 0 Å². The fourth-order valence-corrected chi connectivity index (χ4v) is 4.78. The fourth-order valence-electron chi connectivity index (χ4n) is 4.78. The fraction of sp³-hybridized carbons (Fsp3) is 0.323. The third kappa shape index (κ3) is 6.09. The third-order valence-corrected chi connectivity index (χ3v) is 7.01. The predicted molar refractivity (Wildman–Crippen MR) is 138 cm³/mol. The molecule has 0 aromatic heterocycles. The van der Waals surface area contributed by atoms with Gasteiger partial charge in [-0.05, 0) is 74.6 Å². The molecule has 0 unspecified atom stereocenters. The van der Waals surface area contributed by atoms with Gasteiger partial charge in [-0.25, -0.2) is 8.78 Å². The van der Waals surface area contributed by atoms with Gasteiger partial charge < -0.3 is 9.47 Å². The minimum Gasteiger partial charge on any atom is -0.490 e. The van der Waals surface area contributed by atoms with E-state index in [1.165, 1.54) is 12.1 Å². The Balaban J connectivity index is 1.37. The van der Waals surface area contributed by atoms with E-state index in [0.717, 1.165) is 5.56 Å². The highest BCUT2D eigenvalue weighted by Gasteiger charge is 2.31. The summed E-state index contributed by atoms with van der Waals surface area (Å²) in [5.41, 5.74) is 2.10. The van der Waals surface area contributed by atoms with Crippen molar-refractivity contribution in [2.24, 2.45) is 5.92 Å². The highest BCUT2D eigenvalue weighted by Crippen LogP contribution is 2.40. The third-order valence-electron chi connectivity index (χ3n) is 7.01. The Kier molecular flexibility index (Phi) is 8.87. The van der Waals surface area contributed by atoms with Crippen LogP contribution in [-0.4, -0.2) is 12.6 Å². The van der Waals surface area contributed by atoms with Crippen molar-refractivity contribution in [2.75, 3.05) is 6.61 Å². The highest BCUT2D eigenvalue weighted by molar-refractivity contribution is 5.75. The number of hydrogen-bond donors (Lipinski definition) is 0. The molecule has 1 saturated carbocycles. The lowest BCUT2D eigenvalue weighted by molar-refractivity contribution is -0.140. The molecule has 0 radical (unpaired) electrons. The molecule has 0 saturated heterocycles. The molecule has 1 fully saturated rings. The summed E-state index contributed by atoms with van der Waals surface area (Å²) in [6.07, 6.45) is 4.59. The first kappa shape index (κ1) is 27.4. The molecule has 0 atom stereocenters. The minimum atomic E-state index is -1.29. The molecule has 3 aromatic carbocycles. The molecule has 0 bridgehead atoms. The van der Waals surface area contributed by atoms with Crippen molar-refractivity contribution in [1.29, 1.82) is 0 Å². The Hall–Kier alpha value is -3.61. The van der Waals surface area contributed by atoms with Gasteiger partial charge in [0.1, 0.15) is 0 Å². The number of carbonyl (C=O) groups excluding carboxylic acids is 1. The maximum Gasteiger partial charge on any atom is 0.314 e. The van der Waals surface area contributed by atoms with E-state index in [9.17, 15) is 18.0 Å². The van der Waals surface area contributed by atoms with Gasteiger partial charge in [0.05, 0.1) is 12.5 Å². The van der Waals surface area contributed by atoms with Crippen LogP contribution in [0.1, 0.15) is 55.6 Å². The summed E-state index contributed by atoms with van der Waals surface area (Å²) in [6.45, 7) is 5.71. The van der Waals surface area contributed by atoms with Gasteiger partial charge in [0, 0.05) is 5.56 Å². The van der Waals surface area contributed by atoms with Crippen molar-refractivity contribution >= 4 is 5.97 Å². The van der Waals surface area contributed by atoms with Crippen molar-refractivity contribution in [2.45, 2.75) is 51.4 Å². The van der Waals surface area contributed by atoms with Crippen LogP contribution >= 0.6 is 0 Å². The van der Waals surface area contributed by atoms with Crippen molar-refractivity contribution in [3.05, 3.63) is 95.6 Å². The van der Waals surface area contributed by atoms with E-state index in [2.05, 4.69) is 6.58 Å². The molecule has 0 N–H and O–H groups in total. The summed E-state index contributed by atoms with van der Waals surface area (Å²) in [6, 6.07) is 12.8. The van der Waals surface area contributed by atoms with Crippen LogP contribution in [0.3, 0.4) is 0 Å². The van der Waals surface area contributed by atoms with Gasteiger partial charge in [-0.1, -0.05) is 48.0 Å². The molecule has 200 valence electrons. The van der Waals surface area contributed by atoms with Gasteiger partial charge in [-0.2, -0.15) is 8.78 Å². The second-order valence-electron chi connectivity index (χ2n) is 9.64. The van der Waals surface area contributed by atoms with E-state index >= 15 is 4.39 Å². The lowest BCUT2D eigenvalue weighted by Crippen LogP contribution is -2.26. The summed E-state index contributed by atoms with van der Waals surface area (Å²) in [5.74, 6) is -6.53. The molecular formula is C31H30F4O3. The van der Waals surface area contributed by atoms with E-state index in [0.29, 0.717) is 44.1 Å². The van der Waals surface area contributed by atoms with Crippen LogP contribution in [0.4, 0.5) is 17.6 Å². The van der Waals surface area contributed by atoms with Gasteiger partial charge >= 0.3 is 5.97 Å². The summed E-state index contributed by atoms with van der Waals surface area (Å²) >= 11 is 0. The zero-order valence-corrected chi connectivity index (χ0v) is 21.2. The summed E-state index contributed by atoms with van der Waals surface area (Å²) in [5, 5.41) is 0. The number of hydrogen-bond acceptors (Lipinski definition) is 3. The maximum atomic E-state index is 15.0. The molecule has 7 heteroatoms. The zero-order valence-electron chi connectivity index (χ0n) is 21.2. The number of benzene rings is 3. The second-order valence-corrected chi connectivity index (χ2v) is 9.64. The van der Waals surface area contributed by atoms with Gasteiger partial charge in [-0.15, -0.1) is 6.58 Å². The van der Waals surface area contributed by atoms with Crippen LogP contribution in [0.15, 0.2) is 61.2 Å². The SMILES string of the molecule is C=CCCCOc1ccc(OC(=O)C2CCC(c3ccc(-c4ccc(C)cc4)c(F)c3F)CC2)c(F)c1F. The summed E-state index contributed by atoms with van der Waals surface area (Å²) in [7, 11) is 0. The van der Waals surface area contributed by atoms with Crippen LogP contribution in [0.2, 0.25) is 0 Å². The molecule has 0 aliphatic heterocycles. The average molecular weight is 527 g/mol. The molecule has 0 spiro atoms. The molecule has 1 aliphatic carbocycles. The van der Waals surface area contributed by atoms with Crippen molar-refractivity contribution < 1.29 is 31.8 Å². The van der Waals surface area contributed by atoms with Crippen LogP contribution in [0.25, 0.3) is 11.1 Å². The van der Waals surface area contributed by atoms with Crippen LogP contribution in [0, 0.1) is 36.1 Å². The highest BCUT2D eigenvalue weighted by atomic mass is 19.2. The van der Waals surface area contributed by atoms with Crippen molar-refractivity contribution in [1.82, 2.24) is 0 Å². The second kappa shape index (κ2) is 12.3. The largest absolute Gasteiger partial charge is 0.490 e. The normalized spacial score (nSPS) is 17.2. The van der Waals surface area contributed by atoms with E-state index in [-0.39, 0.29) is 29.4 Å². The monoisotopic (exact) mass is 526 g/mol. The summed E-state index contributed by atoms with van der Waals surface area (Å²) in [4.78, 5) is 12.7. The molecule has 0 amide bonds. The molecule has 38 heavy (non-hydrogen) atoms. The number of ether oxygens (including phenoxy) is 2. The Morgan fingerprint density at radius 1 is 0.868 bits per heavy atom. The predicted octanol–water partition coefficient (Wildman–Crippen LogP) is 8.44. The van der Waals surface area contributed by atoms with Crippen LogP contribution in [0.5, 0.6) is 11.5 Å². The lowest BCUT2D eigenvalue weighted by Gasteiger charge is -2.28. The number of carbonyl (C=O) groups is 1.